The van der Waals surface area contributed by atoms with Gasteiger partial charge in [0.05, 0.1) is 0 Å². The van der Waals surface area contributed by atoms with E-state index in [1.165, 1.54) is 96.3 Å². The molecule has 0 aliphatic rings. The van der Waals surface area contributed by atoms with E-state index in [1.54, 1.807) is 0 Å². The minimum absolute atomic E-state index is 0.966. The maximum Gasteiger partial charge on any atom is -0.0383 e. The molecule has 0 aliphatic heterocycles. The van der Waals surface area contributed by atoms with Gasteiger partial charge in [-0.3, -0.25) is 0 Å². The summed E-state index contributed by atoms with van der Waals surface area (Å²) in [6, 6.07) is 0. The van der Waals surface area contributed by atoms with Gasteiger partial charge in [0, 0.05) is 0 Å². The number of unbranched alkanes of at least 4 members (excludes halogenated alkanes) is 11. The topological polar surface area (TPSA) is 0 Å². The molecule has 1 radical (unpaired) electrons. The molecule has 0 nitrogen and oxygen atoms in total. The van der Waals surface area contributed by atoms with Crippen LogP contribution in [-0.2, 0) is 0 Å². The van der Waals surface area contributed by atoms with Crippen molar-refractivity contribution < 1.29 is 0 Å². The third-order valence-electron chi connectivity index (χ3n) is 4.56. The van der Waals surface area contributed by atoms with E-state index < -0.39 is 0 Å². The molecule has 0 aromatic rings. The van der Waals surface area contributed by atoms with Gasteiger partial charge in [-0.1, -0.05) is 111 Å². The standard InChI is InChI=1S/C20H41/c1-4-7-9-10-11-12-13-14-15-16-17-19-20(6-3)18-8-5-2/h17,20H,4-16,18-19H2,1-3H3. The maximum atomic E-state index is 2.57. The Balaban J connectivity index is 3.15. The SMILES string of the molecule is CCCCCCCCCCC[CH]CC(CC)CCCC. The average molecular weight is 282 g/mol. The third-order valence-corrected chi connectivity index (χ3v) is 4.56. The van der Waals surface area contributed by atoms with Gasteiger partial charge < -0.3 is 0 Å². The Labute approximate surface area is 130 Å². The van der Waals surface area contributed by atoms with Gasteiger partial charge in [-0.25, -0.2) is 0 Å². The summed E-state index contributed by atoms with van der Waals surface area (Å²) in [5.74, 6) is 0.966. The van der Waals surface area contributed by atoms with Gasteiger partial charge in [-0.05, 0) is 18.8 Å². The highest BCUT2D eigenvalue weighted by molar-refractivity contribution is 4.70. The lowest BCUT2D eigenvalue weighted by Gasteiger charge is -2.13. The average Bonchev–Trinajstić information content (AvgIpc) is 2.48. The largest absolute Gasteiger partial charge is 0.0654 e. The van der Waals surface area contributed by atoms with E-state index >= 15 is 0 Å². The minimum Gasteiger partial charge on any atom is -0.0654 e. The molecule has 0 fully saturated rings. The van der Waals surface area contributed by atoms with Crippen molar-refractivity contribution in [3.63, 3.8) is 0 Å². The van der Waals surface area contributed by atoms with E-state index in [1.807, 2.05) is 0 Å². The number of hydrogen-bond acceptors (Lipinski definition) is 0. The molecule has 0 N–H and O–H groups in total. The highest BCUT2D eigenvalue weighted by Gasteiger charge is 2.05. The molecule has 0 aliphatic carbocycles. The van der Waals surface area contributed by atoms with Gasteiger partial charge >= 0.3 is 0 Å². The Morgan fingerprint density at radius 1 is 0.650 bits per heavy atom. The van der Waals surface area contributed by atoms with Crippen LogP contribution in [0.1, 0.15) is 117 Å². The fourth-order valence-electron chi connectivity index (χ4n) is 2.93. The van der Waals surface area contributed by atoms with Crippen LogP contribution in [0, 0.1) is 12.3 Å². The van der Waals surface area contributed by atoms with E-state index in [4.69, 9.17) is 0 Å². The highest BCUT2D eigenvalue weighted by Crippen LogP contribution is 2.20. The number of hydrogen-bond donors (Lipinski definition) is 0. The van der Waals surface area contributed by atoms with Crippen LogP contribution in [0.2, 0.25) is 0 Å². The van der Waals surface area contributed by atoms with Gasteiger partial charge in [0.2, 0.25) is 0 Å². The van der Waals surface area contributed by atoms with Gasteiger partial charge in [-0.2, -0.15) is 0 Å². The van der Waals surface area contributed by atoms with Gasteiger partial charge in [0.15, 0.2) is 0 Å². The predicted octanol–water partition coefficient (Wildman–Crippen LogP) is 7.72. The summed E-state index contributed by atoms with van der Waals surface area (Å²) in [7, 11) is 0. The summed E-state index contributed by atoms with van der Waals surface area (Å²) in [6.45, 7) is 6.95. The second kappa shape index (κ2) is 17.1. The zero-order valence-corrected chi connectivity index (χ0v) is 14.8. The van der Waals surface area contributed by atoms with Crippen LogP contribution in [0.4, 0.5) is 0 Å². The first-order valence-electron chi connectivity index (χ1n) is 9.66. The minimum atomic E-state index is 0.966. The zero-order valence-electron chi connectivity index (χ0n) is 14.8. The quantitative estimate of drug-likeness (QED) is 0.254. The summed E-state index contributed by atoms with van der Waals surface area (Å²) < 4.78 is 0. The Morgan fingerprint density at radius 3 is 1.75 bits per heavy atom. The van der Waals surface area contributed by atoms with Gasteiger partial charge in [0.1, 0.15) is 0 Å². The fraction of sp³-hybridized carbons (Fsp3) is 0.950. The van der Waals surface area contributed by atoms with Gasteiger partial charge in [0.25, 0.3) is 0 Å². The van der Waals surface area contributed by atoms with E-state index in [0.717, 1.165) is 5.92 Å². The molecule has 1 unspecified atom stereocenters. The maximum absolute atomic E-state index is 2.57. The summed E-state index contributed by atoms with van der Waals surface area (Å²) in [6.07, 6.45) is 23.9. The molecule has 0 saturated carbocycles. The van der Waals surface area contributed by atoms with Crippen LogP contribution in [0.3, 0.4) is 0 Å². The smallest absolute Gasteiger partial charge is 0.0383 e. The molecule has 20 heavy (non-hydrogen) atoms. The molecule has 0 saturated heterocycles. The Morgan fingerprint density at radius 2 is 1.20 bits per heavy atom. The second-order valence-electron chi connectivity index (χ2n) is 6.56. The Hall–Kier alpha value is 0. The molecule has 0 spiro atoms. The van der Waals surface area contributed by atoms with Crippen LogP contribution < -0.4 is 0 Å². The van der Waals surface area contributed by atoms with Crippen LogP contribution in [0.25, 0.3) is 0 Å². The van der Waals surface area contributed by atoms with Crippen molar-refractivity contribution in [1.29, 1.82) is 0 Å². The molecule has 1 atom stereocenters. The Bertz CT molecular complexity index is 161. The first-order chi connectivity index (χ1) is 9.85. The summed E-state index contributed by atoms with van der Waals surface area (Å²) in [4.78, 5) is 0. The molecule has 0 bridgehead atoms. The normalized spacial score (nSPS) is 12.8. The lowest BCUT2D eigenvalue weighted by molar-refractivity contribution is 0.437. The molecule has 0 rings (SSSR count). The van der Waals surface area contributed by atoms with Crippen molar-refractivity contribution in [2.45, 2.75) is 117 Å². The van der Waals surface area contributed by atoms with Crippen LogP contribution in [-0.4, -0.2) is 0 Å². The van der Waals surface area contributed by atoms with Crippen molar-refractivity contribution in [2.24, 2.45) is 5.92 Å². The first kappa shape index (κ1) is 20.0. The summed E-state index contributed by atoms with van der Waals surface area (Å²) in [5, 5.41) is 0. The summed E-state index contributed by atoms with van der Waals surface area (Å²) in [5.41, 5.74) is 0. The van der Waals surface area contributed by atoms with Crippen molar-refractivity contribution in [2.75, 3.05) is 0 Å². The molecule has 0 heterocycles. The van der Waals surface area contributed by atoms with E-state index in [9.17, 15) is 0 Å². The van der Waals surface area contributed by atoms with Crippen molar-refractivity contribution in [1.82, 2.24) is 0 Å². The van der Waals surface area contributed by atoms with Crippen LogP contribution in [0.5, 0.6) is 0 Å². The fourth-order valence-corrected chi connectivity index (χ4v) is 2.93. The molecular weight excluding hydrogens is 240 g/mol. The molecule has 0 amide bonds. The van der Waals surface area contributed by atoms with Crippen molar-refractivity contribution in [3.05, 3.63) is 6.42 Å². The van der Waals surface area contributed by atoms with Crippen molar-refractivity contribution in [3.8, 4) is 0 Å². The van der Waals surface area contributed by atoms with Gasteiger partial charge in [-0.15, -0.1) is 0 Å². The van der Waals surface area contributed by atoms with Crippen LogP contribution >= 0.6 is 0 Å². The molecule has 0 aromatic heterocycles. The number of rotatable bonds is 16. The Kier molecular flexibility index (Phi) is 17.1. The van der Waals surface area contributed by atoms with E-state index in [2.05, 4.69) is 27.2 Å². The second-order valence-corrected chi connectivity index (χ2v) is 6.56. The van der Waals surface area contributed by atoms with Crippen LogP contribution in [0.15, 0.2) is 0 Å². The van der Waals surface area contributed by atoms with E-state index in [0.29, 0.717) is 0 Å². The monoisotopic (exact) mass is 281 g/mol. The van der Waals surface area contributed by atoms with Crippen molar-refractivity contribution >= 4 is 0 Å². The molecular formula is C20H41. The molecule has 0 aromatic carbocycles. The zero-order chi connectivity index (χ0) is 14.9. The highest BCUT2D eigenvalue weighted by atomic mass is 14.1. The predicted molar refractivity (Wildman–Crippen MR) is 94.1 cm³/mol. The lowest BCUT2D eigenvalue weighted by Crippen LogP contribution is -1.99. The summed E-state index contributed by atoms with van der Waals surface area (Å²) >= 11 is 0. The first-order valence-corrected chi connectivity index (χ1v) is 9.66. The molecule has 0 heteroatoms. The lowest BCUT2D eigenvalue weighted by atomic mass is 9.93. The third kappa shape index (κ3) is 14.4. The molecule has 121 valence electrons. The van der Waals surface area contributed by atoms with E-state index in [-0.39, 0.29) is 0 Å².